The number of rotatable bonds is 4. The molecule has 1 aliphatic rings. The molecule has 22 heavy (non-hydrogen) atoms. The average molecular weight is 300 g/mol. The fourth-order valence-electron chi connectivity index (χ4n) is 2.39. The molecule has 0 aromatic carbocycles. The van der Waals surface area contributed by atoms with Crippen molar-refractivity contribution < 1.29 is 4.74 Å². The van der Waals surface area contributed by atoms with Crippen LogP contribution in [0.4, 0.5) is 17.5 Å². The minimum absolute atomic E-state index is 0.264. The maximum atomic E-state index is 5.55. The third kappa shape index (κ3) is 3.25. The van der Waals surface area contributed by atoms with E-state index in [0.717, 1.165) is 55.6 Å². The largest absolute Gasteiger partial charge is 0.385 e. The van der Waals surface area contributed by atoms with Gasteiger partial charge in [0, 0.05) is 49.3 Å². The number of anilines is 3. The van der Waals surface area contributed by atoms with E-state index in [2.05, 4.69) is 33.2 Å². The first kappa shape index (κ1) is 14.5. The van der Waals surface area contributed by atoms with E-state index in [1.165, 1.54) is 0 Å². The number of nitrogen functional groups attached to an aromatic ring is 1. The summed E-state index contributed by atoms with van der Waals surface area (Å²) in [7, 11) is 0. The van der Waals surface area contributed by atoms with Gasteiger partial charge in [-0.2, -0.15) is 0 Å². The Morgan fingerprint density at radius 1 is 1.23 bits per heavy atom. The van der Waals surface area contributed by atoms with Gasteiger partial charge in [0.1, 0.15) is 5.82 Å². The van der Waals surface area contributed by atoms with Crippen molar-refractivity contribution in [1.29, 1.82) is 0 Å². The fourth-order valence-corrected chi connectivity index (χ4v) is 2.39. The van der Waals surface area contributed by atoms with Crippen molar-refractivity contribution in [3.8, 4) is 11.3 Å². The van der Waals surface area contributed by atoms with Gasteiger partial charge in [-0.05, 0) is 13.0 Å². The number of morpholine rings is 1. The molecule has 3 rings (SSSR count). The standard InChI is InChI=1S/C15H20N6O/c1-2-17-12-7-13(11-9-18-15(16)19-10-11)20-14(8-12)21-3-5-22-6-4-21/h7-10H,2-6H2,1H3,(H,17,20)(H2,16,18,19). The highest BCUT2D eigenvalue weighted by atomic mass is 16.5. The molecule has 3 heterocycles. The number of nitrogens with two attached hydrogens (primary N) is 1. The van der Waals surface area contributed by atoms with E-state index in [4.69, 9.17) is 15.5 Å². The van der Waals surface area contributed by atoms with Crippen LogP contribution < -0.4 is 16.0 Å². The zero-order valence-corrected chi connectivity index (χ0v) is 12.6. The van der Waals surface area contributed by atoms with Crippen LogP contribution in [0, 0.1) is 0 Å². The third-order valence-corrected chi connectivity index (χ3v) is 3.50. The second kappa shape index (κ2) is 6.57. The second-order valence-corrected chi connectivity index (χ2v) is 5.06. The van der Waals surface area contributed by atoms with E-state index in [9.17, 15) is 0 Å². The maximum absolute atomic E-state index is 5.55. The van der Waals surface area contributed by atoms with E-state index >= 15 is 0 Å². The number of aromatic nitrogens is 3. The van der Waals surface area contributed by atoms with Gasteiger partial charge in [0.2, 0.25) is 5.95 Å². The monoisotopic (exact) mass is 300 g/mol. The van der Waals surface area contributed by atoms with Crippen LogP contribution in [0.25, 0.3) is 11.3 Å². The Bertz CT molecular complexity index is 624. The quantitative estimate of drug-likeness (QED) is 0.882. The average Bonchev–Trinajstić information content (AvgIpc) is 2.56. The minimum atomic E-state index is 0.264. The molecule has 0 aliphatic carbocycles. The Hall–Kier alpha value is -2.41. The smallest absolute Gasteiger partial charge is 0.219 e. The van der Waals surface area contributed by atoms with Crippen LogP contribution in [0.5, 0.6) is 0 Å². The molecule has 7 nitrogen and oxygen atoms in total. The molecule has 7 heteroatoms. The van der Waals surface area contributed by atoms with Crippen LogP contribution in [0.3, 0.4) is 0 Å². The lowest BCUT2D eigenvalue weighted by atomic mass is 10.2. The summed E-state index contributed by atoms with van der Waals surface area (Å²) in [4.78, 5) is 15.1. The molecule has 1 fully saturated rings. The number of nitrogens with zero attached hydrogens (tertiary/aromatic N) is 4. The highest BCUT2D eigenvalue weighted by Crippen LogP contribution is 2.25. The second-order valence-electron chi connectivity index (χ2n) is 5.06. The Balaban J connectivity index is 1.97. The summed E-state index contributed by atoms with van der Waals surface area (Å²) in [6.07, 6.45) is 3.40. The van der Waals surface area contributed by atoms with Crippen LogP contribution >= 0.6 is 0 Å². The highest BCUT2D eigenvalue weighted by molar-refractivity contribution is 5.67. The topological polar surface area (TPSA) is 89.2 Å². The van der Waals surface area contributed by atoms with Gasteiger partial charge < -0.3 is 20.7 Å². The summed E-state index contributed by atoms with van der Waals surface area (Å²) in [6, 6.07) is 4.07. The molecule has 0 amide bonds. The Morgan fingerprint density at radius 2 is 1.95 bits per heavy atom. The minimum Gasteiger partial charge on any atom is -0.385 e. The lowest BCUT2D eigenvalue weighted by Gasteiger charge is -2.28. The first-order valence-corrected chi connectivity index (χ1v) is 7.43. The summed E-state index contributed by atoms with van der Waals surface area (Å²) in [5, 5.41) is 3.35. The lowest BCUT2D eigenvalue weighted by molar-refractivity contribution is 0.122. The van der Waals surface area contributed by atoms with E-state index in [-0.39, 0.29) is 5.95 Å². The van der Waals surface area contributed by atoms with Crippen LogP contribution in [0.15, 0.2) is 24.5 Å². The van der Waals surface area contributed by atoms with Gasteiger partial charge in [-0.15, -0.1) is 0 Å². The Kier molecular flexibility index (Phi) is 4.34. The molecule has 0 spiro atoms. The van der Waals surface area contributed by atoms with Crippen molar-refractivity contribution in [1.82, 2.24) is 15.0 Å². The first-order valence-electron chi connectivity index (χ1n) is 7.43. The summed E-state index contributed by atoms with van der Waals surface area (Å²) >= 11 is 0. The van der Waals surface area contributed by atoms with E-state index in [1.54, 1.807) is 12.4 Å². The van der Waals surface area contributed by atoms with Crippen molar-refractivity contribution in [2.45, 2.75) is 6.92 Å². The molecule has 0 atom stereocenters. The molecular formula is C15H20N6O. The molecule has 0 bridgehead atoms. The van der Waals surface area contributed by atoms with Crippen LogP contribution in [0.1, 0.15) is 6.92 Å². The van der Waals surface area contributed by atoms with E-state index in [0.29, 0.717) is 0 Å². The fraction of sp³-hybridized carbons (Fsp3) is 0.400. The van der Waals surface area contributed by atoms with Gasteiger partial charge in [0.25, 0.3) is 0 Å². The van der Waals surface area contributed by atoms with Gasteiger partial charge in [0.15, 0.2) is 0 Å². The summed E-state index contributed by atoms with van der Waals surface area (Å²) in [5.74, 6) is 1.20. The van der Waals surface area contributed by atoms with Gasteiger partial charge in [-0.3, -0.25) is 0 Å². The zero-order chi connectivity index (χ0) is 15.4. The summed E-state index contributed by atoms with van der Waals surface area (Å²) in [6.45, 7) is 6.08. The SMILES string of the molecule is CCNc1cc(-c2cnc(N)nc2)nc(N2CCOCC2)c1. The van der Waals surface area contributed by atoms with Crippen LogP contribution in [-0.2, 0) is 4.74 Å². The molecule has 2 aromatic heterocycles. The molecule has 1 aliphatic heterocycles. The van der Waals surface area contributed by atoms with Crippen molar-refractivity contribution in [3.63, 3.8) is 0 Å². The molecule has 1 saturated heterocycles. The van der Waals surface area contributed by atoms with Crippen LogP contribution in [-0.4, -0.2) is 47.8 Å². The molecular weight excluding hydrogens is 280 g/mol. The van der Waals surface area contributed by atoms with Crippen LogP contribution in [0.2, 0.25) is 0 Å². The molecule has 116 valence electrons. The van der Waals surface area contributed by atoms with E-state index < -0.39 is 0 Å². The predicted molar refractivity (Wildman–Crippen MR) is 86.9 cm³/mol. The van der Waals surface area contributed by atoms with Gasteiger partial charge in [0.05, 0.1) is 18.9 Å². The molecule has 0 saturated carbocycles. The van der Waals surface area contributed by atoms with Crippen molar-refractivity contribution in [2.24, 2.45) is 0 Å². The summed E-state index contributed by atoms with van der Waals surface area (Å²) < 4.78 is 5.41. The van der Waals surface area contributed by atoms with Gasteiger partial charge in [-0.25, -0.2) is 15.0 Å². The zero-order valence-electron chi connectivity index (χ0n) is 12.6. The van der Waals surface area contributed by atoms with Gasteiger partial charge >= 0.3 is 0 Å². The highest BCUT2D eigenvalue weighted by Gasteiger charge is 2.15. The van der Waals surface area contributed by atoms with E-state index in [1.807, 2.05) is 6.07 Å². The van der Waals surface area contributed by atoms with Crippen molar-refractivity contribution >= 4 is 17.5 Å². The number of nitrogens with one attached hydrogen (secondary N) is 1. The predicted octanol–water partition coefficient (Wildman–Crippen LogP) is 1.39. The Morgan fingerprint density at radius 3 is 2.64 bits per heavy atom. The number of ether oxygens (including phenoxy) is 1. The Labute approximate surface area is 129 Å². The lowest BCUT2D eigenvalue weighted by Crippen LogP contribution is -2.36. The number of hydrogen-bond donors (Lipinski definition) is 2. The number of hydrogen-bond acceptors (Lipinski definition) is 7. The number of pyridine rings is 1. The summed E-state index contributed by atoms with van der Waals surface area (Å²) in [5.41, 5.74) is 8.27. The normalized spacial score (nSPS) is 14.9. The third-order valence-electron chi connectivity index (χ3n) is 3.50. The first-order chi connectivity index (χ1) is 10.8. The molecule has 2 aromatic rings. The van der Waals surface area contributed by atoms with Crippen molar-refractivity contribution in [3.05, 3.63) is 24.5 Å². The van der Waals surface area contributed by atoms with Crippen molar-refractivity contribution in [2.75, 3.05) is 48.8 Å². The van der Waals surface area contributed by atoms with Gasteiger partial charge in [-0.1, -0.05) is 0 Å². The maximum Gasteiger partial charge on any atom is 0.219 e. The molecule has 0 unspecified atom stereocenters. The molecule has 3 N–H and O–H groups in total. The molecule has 0 radical (unpaired) electrons.